The van der Waals surface area contributed by atoms with E-state index in [2.05, 4.69) is 10.2 Å². The van der Waals surface area contributed by atoms with Crippen molar-refractivity contribution in [2.45, 2.75) is 5.66 Å². The van der Waals surface area contributed by atoms with Crippen LogP contribution >= 0.6 is 0 Å². The molecule has 1 heterocycles. The molecule has 2 rings (SSSR count). The number of azo groups is 1. The van der Waals surface area contributed by atoms with Gasteiger partial charge in [0.1, 0.15) is 0 Å². The zero-order valence-electron chi connectivity index (χ0n) is 7.42. The monoisotopic (exact) mass is 187 g/mol. The Balaban J connectivity index is 2.37. The van der Waals surface area contributed by atoms with Gasteiger partial charge in [-0.1, -0.05) is 30.3 Å². The van der Waals surface area contributed by atoms with Gasteiger partial charge in [-0.2, -0.15) is 10.2 Å². The van der Waals surface area contributed by atoms with Gasteiger partial charge in [0.2, 0.25) is 5.66 Å². The molecule has 1 atom stereocenters. The zero-order chi connectivity index (χ0) is 10.0. The average Bonchev–Trinajstić information content (AvgIpc) is 2.63. The summed E-state index contributed by atoms with van der Waals surface area (Å²) in [4.78, 5) is 10.6. The predicted octanol–water partition coefficient (Wildman–Crippen LogP) is 1.35. The lowest BCUT2D eigenvalue weighted by Gasteiger charge is -2.04. The fourth-order valence-electron chi connectivity index (χ4n) is 1.22. The number of benzene rings is 1. The maximum atomic E-state index is 10.6. The normalized spacial score (nSPS) is 24.8. The first-order valence-electron chi connectivity index (χ1n) is 4.20. The maximum absolute atomic E-state index is 10.6. The van der Waals surface area contributed by atoms with Crippen LogP contribution in [0.25, 0.3) is 5.70 Å². The zero-order valence-corrected chi connectivity index (χ0v) is 7.42. The molecule has 1 aliphatic rings. The molecular weight excluding hydrogens is 178 g/mol. The summed E-state index contributed by atoms with van der Waals surface area (Å²) in [5.41, 5.74) is 5.86. The molecule has 0 fully saturated rings. The average molecular weight is 187 g/mol. The van der Waals surface area contributed by atoms with Crippen molar-refractivity contribution in [2.24, 2.45) is 16.0 Å². The highest BCUT2D eigenvalue weighted by Crippen LogP contribution is 2.25. The molecule has 0 spiro atoms. The summed E-state index contributed by atoms with van der Waals surface area (Å²) >= 11 is 0. The lowest BCUT2D eigenvalue weighted by atomic mass is 10.1. The standard InChI is InChI=1S/C10H9N3O/c11-10(7-14)6-9(12-13-10)8-4-2-1-3-5-8/h1-7H,11H2. The Bertz CT molecular complexity index is 411. The van der Waals surface area contributed by atoms with Crippen molar-refractivity contribution in [1.29, 1.82) is 0 Å². The van der Waals surface area contributed by atoms with Crippen LogP contribution in [0.3, 0.4) is 0 Å². The van der Waals surface area contributed by atoms with E-state index in [1.807, 2.05) is 30.3 Å². The van der Waals surface area contributed by atoms with Gasteiger partial charge in [-0.15, -0.1) is 0 Å². The molecule has 0 amide bonds. The Labute approximate surface area is 81.1 Å². The molecule has 4 nitrogen and oxygen atoms in total. The van der Waals surface area contributed by atoms with Crippen LogP contribution in [-0.4, -0.2) is 11.9 Å². The fourth-order valence-corrected chi connectivity index (χ4v) is 1.22. The lowest BCUT2D eigenvalue weighted by molar-refractivity contribution is -0.110. The lowest BCUT2D eigenvalue weighted by Crippen LogP contribution is -2.35. The number of carbonyl (C=O) groups excluding carboxylic acids is 1. The van der Waals surface area contributed by atoms with Crippen molar-refractivity contribution in [3.8, 4) is 0 Å². The molecular formula is C10H9N3O. The van der Waals surface area contributed by atoms with Crippen LogP contribution in [0.1, 0.15) is 5.56 Å². The van der Waals surface area contributed by atoms with Crippen molar-refractivity contribution < 1.29 is 4.79 Å². The molecule has 1 unspecified atom stereocenters. The molecule has 0 saturated carbocycles. The molecule has 4 heteroatoms. The van der Waals surface area contributed by atoms with Crippen LogP contribution in [-0.2, 0) is 4.79 Å². The summed E-state index contributed by atoms with van der Waals surface area (Å²) in [5.74, 6) is 0. The Morgan fingerprint density at radius 1 is 1.29 bits per heavy atom. The van der Waals surface area contributed by atoms with Crippen LogP contribution < -0.4 is 5.73 Å². The van der Waals surface area contributed by atoms with Gasteiger partial charge in [0, 0.05) is 5.56 Å². The van der Waals surface area contributed by atoms with Gasteiger partial charge in [-0.05, 0) is 6.08 Å². The van der Waals surface area contributed by atoms with Crippen LogP contribution in [0.4, 0.5) is 0 Å². The Kier molecular flexibility index (Phi) is 1.98. The van der Waals surface area contributed by atoms with Gasteiger partial charge >= 0.3 is 0 Å². The molecule has 0 aromatic heterocycles. The quantitative estimate of drug-likeness (QED) is 0.710. The minimum absolute atomic E-state index is 0.576. The molecule has 0 aliphatic carbocycles. The van der Waals surface area contributed by atoms with Gasteiger partial charge in [0.05, 0.1) is 5.70 Å². The van der Waals surface area contributed by atoms with E-state index in [-0.39, 0.29) is 0 Å². The number of hydrogen-bond donors (Lipinski definition) is 1. The number of nitrogens with zero attached hydrogens (tertiary/aromatic N) is 2. The SMILES string of the molecule is NC1(C=O)C=C(c2ccccc2)N=N1. The number of carbonyl (C=O) groups is 1. The first kappa shape index (κ1) is 8.77. The Morgan fingerprint density at radius 3 is 2.57 bits per heavy atom. The molecule has 2 N–H and O–H groups in total. The minimum atomic E-state index is -1.27. The van der Waals surface area contributed by atoms with E-state index < -0.39 is 5.66 Å². The van der Waals surface area contributed by atoms with Crippen molar-refractivity contribution >= 4 is 12.0 Å². The molecule has 1 aromatic rings. The smallest absolute Gasteiger partial charge is 0.206 e. The summed E-state index contributed by atoms with van der Waals surface area (Å²) in [7, 11) is 0. The van der Waals surface area contributed by atoms with Gasteiger partial charge in [0.15, 0.2) is 6.29 Å². The molecule has 0 saturated heterocycles. The summed E-state index contributed by atoms with van der Waals surface area (Å²) in [6, 6.07) is 9.47. The van der Waals surface area contributed by atoms with Crippen LogP contribution in [0.5, 0.6) is 0 Å². The molecule has 1 aliphatic heterocycles. The number of hydrogen-bond acceptors (Lipinski definition) is 4. The summed E-state index contributed by atoms with van der Waals surface area (Å²) in [6.45, 7) is 0. The fraction of sp³-hybridized carbons (Fsp3) is 0.100. The van der Waals surface area contributed by atoms with Crippen molar-refractivity contribution in [2.75, 3.05) is 0 Å². The minimum Gasteiger partial charge on any atom is -0.299 e. The third kappa shape index (κ3) is 1.47. The van der Waals surface area contributed by atoms with E-state index in [0.717, 1.165) is 5.56 Å². The van der Waals surface area contributed by atoms with Crippen molar-refractivity contribution in [3.63, 3.8) is 0 Å². The number of aldehydes is 1. The third-order valence-electron chi connectivity index (χ3n) is 1.96. The topological polar surface area (TPSA) is 67.8 Å². The van der Waals surface area contributed by atoms with Crippen LogP contribution in [0.15, 0.2) is 46.6 Å². The summed E-state index contributed by atoms with van der Waals surface area (Å²) in [6.07, 6.45) is 2.13. The van der Waals surface area contributed by atoms with Gasteiger partial charge < -0.3 is 0 Å². The second-order valence-corrected chi connectivity index (χ2v) is 3.10. The molecule has 1 aromatic carbocycles. The molecule has 14 heavy (non-hydrogen) atoms. The molecule has 0 bridgehead atoms. The Morgan fingerprint density at radius 2 is 2.00 bits per heavy atom. The van der Waals surface area contributed by atoms with Gasteiger partial charge in [0.25, 0.3) is 0 Å². The van der Waals surface area contributed by atoms with E-state index in [1.165, 1.54) is 0 Å². The molecule has 70 valence electrons. The highest BCUT2D eigenvalue weighted by Gasteiger charge is 2.26. The van der Waals surface area contributed by atoms with E-state index >= 15 is 0 Å². The van der Waals surface area contributed by atoms with E-state index in [1.54, 1.807) is 6.08 Å². The summed E-state index contributed by atoms with van der Waals surface area (Å²) < 4.78 is 0. The maximum Gasteiger partial charge on any atom is 0.206 e. The highest BCUT2D eigenvalue weighted by atomic mass is 16.1. The van der Waals surface area contributed by atoms with Crippen molar-refractivity contribution in [1.82, 2.24) is 0 Å². The second kappa shape index (κ2) is 3.16. The van der Waals surface area contributed by atoms with Gasteiger partial charge in [-0.25, -0.2) is 0 Å². The number of rotatable bonds is 2. The Hall–Kier alpha value is -1.81. The summed E-state index contributed by atoms with van der Waals surface area (Å²) in [5, 5.41) is 7.55. The van der Waals surface area contributed by atoms with Gasteiger partial charge in [-0.3, -0.25) is 10.5 Å². The highest BCUT2D eigenvalue weighted by molar-refractivity contribution is 5.77. The first-order chi connectivity index (χ1) is 6.73. The van der Waals surface area contributed by atoms with E-state index in [4.69, 9.17) is 5.73 Å². The van der Waals surface area contributed by atoms with Crippen LogP contribution in [0.2, 0.25) is 0 Å². The third-order valence-corrected chi connectivity index (χ3v) is 1.96. The molecule has 0 radical (unpaired) electrons. The van der Waals surface area contributed by atoms with E-state index in [9.17, 15) is 4.79 Å². The largest absolute Gasteiger partial charge is 0.299 e. The second-order valence-electron chi connectivity index (χ2n) is 3.10. The van der Waals surface area contributed by atoms with Crippen LogP contribution in [0, 0.1) is 0 Å². The predicted molar refractivity (Wildman–Crippen MR) is 52.3 cm³/mol. The van der Waals surface area contributed by atoms with Crippen molar-refractivity contribution in [3.05, 3.63) is 42.0 Å². The first-order valence-corrected chi connectivity index (χ1v) is 4.20. The number of nitrogens with two attached hydrogens (primary N) is 1. The van der Waals surface area contributed by atoms with E-state index in [0.29, 0.717) is 12.0 Å².